The van der Waals surface area contributed by atoms with Gasteiger partial charge in [0.05, 0.1) is 5.60 Å². The molecule has 0 amide bonds. The Morgan fingerprint density at radius 1 is 1.30 bits per heavy atom. The maximum atomic E-state index is 13.2. The predicted octanol–water partition coefficient (Wildman–Crippen LogP) is 3.30. The van der Waals surface area contributed by atoms with Crippen LogP contribution in [0, 0.1) is 12.7 Å². The first kappa shape index (κ1) is 15.5. The Balaban J connectivity index is 2.03. The highest BCUT2D eigenvalue weighted by Crippen LogP contribution is 2.28. The molecule has 0 aromatic heterocycles. The molecule has 1 heterocycles. The highest BCUT2D eigenvalue weighted by molar-refractivity contribution is 5.28. The second kappa shape index (κ2) is 6.68. The quantitative estimate of drug-likeness (QED) is 0.914. The molecule has 1 aliphatic heterocycles. The number of halogens is 1. The zero-order chi connectivity index (χ0) is 14.6. The van der Waals surface area contributed by atoms with E-state index in [-0.39, 0.29) is 5.82 Å². The Kier molecular flexibility index (Phi) is 5.17. The third-order valence-corrected chi connectivity index (χ3v) is 4.37. The van der Waals surface area contributed by atoms with Crippen LogP contribution >= 0.6 is 0 Å². The number of hydrogen-bond donors (Lipinski definition) is 1. The standard InChI is InChI=1S/C17H26FNO/c1-3-9-19-10-4-7-17(20,8-11-19)13-15-5-6-16(18)12-14(15)2/h5-6,12,20H,3-4,7-11,13H2,1-2H3. The minimum atomic E-state index is -0.634. The summed E-state index contributed by atoms with van der Waals surface area (Å²) < 4.78 is 13.2. The lowest BCUT2D eigenvalue weighted by Crippen LogP contribution is -2.33. The van der Waals surface area contributed by atoms with Gasteiger partial charge in [0.2, 0.25) is 0 Å². The Morgan fingerprint density at radius 3 is 2.80 bits per heavy atom. The van der Waals surface area contributed by atoms with Crippen LogP contribution < -0.4 is 0 Å². The van der Waals surface area contributed by atoms with Gasteiger partial charge >= 0.3 is 0 Å². The van der Waals surface area contributed by atoms with Crippen LogP contribution in [0.2, 0.25) is 0 Å². The minimum Gasteiger partial charge on any atom is -0.389 e. The molecule has 20 heavy (non-hydrogen) atoms. The van der Waals surface area contributed by atoms with Crippen molar-refractivity contribution < 1.29 is 9.50 Å². The molecule has 0 bridgehead atoms. The number of nitrogens with zero attached hydrogens (tertiary/aromatic N) is 1. The molecular weight excluding hydrogens is 253 g/mol. The zero-order valence-electron chi connectivity index (χ0n) is 12.7. The van der Waals surface area contributed by atoms with Crippen molar-refractivity contribution in [1.29, 1.82) is 0 Å². The van der Waals surface area contributed by atoms with E-state index in [1.54, 1.807) is 6.07 Å². The van der Waals surface area contributed by atoms with Crippen molar-refractivity contribution in [2.75, 3.05) is 19.6 Å². The van der Waals surface area contributed by atoms with Crippen LogP contribution in [-0.4, -0.2) is 35.2 Å². The molecule has 112 valence electrons. The van der Waals surface area contributed by atoms with E-state index in [1.165, 1.54) is 6.07 Å². The van der Waals surface area contributed by atoms with Crippen LogP contribution in [0.15, 0.2) is 18.2 Å². The number of aliphatic hydroxyl groups is 1. The molecule has 0 spiro atoms. The van der Waals surface area contributed by atoms with Gasteiger partial charge in [0.1, 0.15) is 5.82 Å². The van der Waals surface area contributed by atoms with E-state index in [2.05, 4.69) is 11.8 Å². The van der Waals surface area contributed by atoms with Gasteiger partial charge < -0.3 is 10.0 Å². The molecule has 1 atom stereocenters. The molecule has 1 aromatic rings. The third-order valence-electron chi connectivity index (χ3n) is 4.37. The highest BCUT2D eigenvalue weighted by atomic mass is 19.1. The summed E-state index contributed by atoms with van der Waals surface area (Å²) in [6.07, 6.45) is 4.49. The van der Waals surface area contributed by atoms with Crippen LogP contribution in [0.25, 0.3) is 0 Å². The lowest BCUT2D eigenvalue weighted by Gasteiger charge is -2.28. The van der Waals surface area contributed by atoms with Gasteiger partial charge in [-0.1, -0.05) is 13.0 Å². The Hall–Kier alpha value is -0.930. The SMILES string of the molecule is CCCN1CCCC(O)(Cc2ccc(F)cc2C)CC1. The number of likely N-dealkylation sites (tertiary alicyclic amines) is 1. The fraction of sp³-hybridized carbons (Fsp3) is 0.647. The van der Waals surface area contributed by atoms with Crippen molar-refractivity contribution in [3.05, 3.63) is 35.1 Å². The van der Waals surface area contributed by atoms with E-state index < -0.39 is 5.60 Å². The molecule has 1 saturated heterocycles. The smallest absolute Gasteiger partial charge is 0.123 e. The first-order chi connectivity index (χ1) is 9.52. The van der Waals surface area contributed by atoms with Crippen LogP contribution in [0.5, 0.6) is 0 Å². The van der Waals surface area contributed by atoms with E-state index in [9.17, 15) is 9.50 Å². The molecule has 1 aromatic carbocycles. The van der Waals surface area contributed by atoms with Crippen LogP contribution in [0.1, 0.15) is 43.7 Å². The fourth-order valence-electron chi connectivity index (χ4n) is 3.16. The first-order valence-electron chi connectivity index (χ1n) is 7.72. The number of aryl methyl sites for hydroxylation is 1. The van der Waals surface area contributed by atoms with Crippen molar-refractivity contribution in [3.8, 4) is 0 Å². The van der Waals surface area contributed by atoms with Crippen molar-refractivity contribution in [3.63, 3.8) is 0 Å². The van der Waals surface area contributed by atoms with Crippen molar-refractivity contribution in [1.82, 2.24) is 4.90 Å². The van der Waals surface area contributed by atoms with Crippen LogP contribution in [-0.2, 0) is 6.42 Å². The molecule has 0 saturated carbocycles. The normalized spacial score (nSPS) is 24.6. The Labute approximate surface area is 121 Å². The van der Waals surface area contributed by atoms with Gasteiger partial charge in [-0.15, -0.1) is 0 Å². The van der Waals surface area contributed by atoms with Crippen molar-refractivity contribution >= 4 is 0 Å². The summed E-state index contributed by atoms with van der Waals surface area (Å²) in [5, 5.41) is 10.9. The van der Waals surface area contributed by atoms with E-state index in [1.807, 2.05) is 13.0 Å². The molecule has 2 rings (SSSR count). The summed E-state index contributed by atoms with van der Waals surface area (Å²) in [5.74, 6) is -0.201. The molecule has 1 unspecified atom stereocenters. The maximum absolute atomic E-state index is 13.2. The molecule has 1 N–H and O–H groups in total. The fourth-order valence-corrected chi connectivity index (χ4v) is 3.16. The third kappa shape index (κ3) is 4.03. The molecule has 0 aliphatic carbocycles. The highest BCUT2D eigenvalue weighted by Gasteiger charge is 2.30. The van der Waals surface area contributed by atoms with E-state index in [0.29, 0.717) is 6.42 Å². The Morgan fingerprint density at radius 2 is 2.10 bits per heavy atom. The lowest BCUT2D eigenvalue weighted by atomic mass is 9.86. The lowest BCUT2D eigenvalue weighted by molar-refractivity contribution is 0.0255. The zero-order valence-corrected chi connectivity index (χ0v) is 12.7. The molecular formula is C17H26FNO. The first-order valence-corrected chi connectivity index (χ1v) is 7.72. The molecule has 0 radical (unpaired) electrons. The van der Waals surface area contributed by atoms with Crippen molar-refractivity contribution in [2.45, 2.75) is 51.6 Å². The average molecular weight is 279 g/mol. The van der Waals surface area contributed by atoms with Gasteiger partial charge in [-0.2, -0.15) is 0 Å². The van der Waals surface area contributed by atoms with Gasteiger partial charge in [0, 0.05) is 13.0 Å². The van der Waals surface area contributed by atoms with Crippen molar-refractivity contribution in [2.24, 2.45) is 0 Å². The molecule has 1 fully saturated rings. The number of hydrogen-bond acceptors (Lipinski definition) is 2. The molecule has 2 nitrogen and oxygen atoms in total. The van der Waals surface area contributed by atoms with Gasteiger partial charge in [0.15, 0.2) is 0 Å². The largest absolute Gasteiger partial charge is 0.389 e. The van der Waals surface area contributed by atoms with E-state index in [4.69, 9.17) is 0 Å². The van der Waals surface area contributed by atoms with E-state index in [0.717, 1.165) is 56.4 Å². The second-order valence-corrected chi connectivity index (χ2v) is 6.17. The van der Waals surface area contributed by atoms with Gasteiger partial charge in [-0.05, 0) is 69.0 Å². The van der Waals surface area contributed by atoms with Gasteiger partial charge in [-0.3, -0.25) is 0 Å². The van der Waals surface area contributed by atoms with Gasteiger partial charge in [0.25, 0.3) is 0 Å². The maximum Gasteiger partial charge on any atom is 0.123 e. The predicted molar refractivity (Wildman–Crippen MR) is 80.4 cm³/mol. The molecule has 3 heteroatoms. The number of rotatable bonds is 4. The van der Waals surface area contributed by atoms with Crippen LogP contribution in [0.4, 0.5) is 4.39 Å². The summed E-state index contributed by atoms with van der Waals surface area (Å²) in [5.41, 5.74) is 1.37. The summed E-state index contributed by atoms with van der Waals surface area (Å²) in [4.78, 5) is 2.44. The topological polar surface area (TPSA) is 23.5 Å². The Bertz CT molecular complexity index is 449. The second-order valence-electron chi connectivity index (χ2n) is 6.17. The number of benzene rings is 1. The monoisotopic (exact) mass is 279 g/mol. The summed E-state index contributed by atoms with van der Waals surface area (Å²) >= 11 is 0. The average Bonchev–Trinajstić information content (AvgIpc) is 2.57. The molecule has 1 aliphatic rings. The van der Waals surface area contributed by atoms with Crippen LogP contribution in [0.3, 0.4) is 0 Å². The minimum absolute atomic E-state index is 0.201. The summed E-state index contributed by atoms with van der Waals surface area (Å²) in [6, 6.07) is 4.86. The van der Waals surface area contributed by atoms with E-state index >= 15 is 0 Å². The van der Waals surface area contributed by atoms with Gasteiger partial charge in [-0.25, -0.2) is 4.39 Å². The summed E-state index contributed by atoms with van der Waals surface area (Å²) in [7, 11) is 0. The summed E-state index contributed by atoms with van der Waals surface area (Å²) in [6.45, 7) is 7.27.